The number of aromatic nitrogens is 1. The molecular formula is C14H10BrNOS. The predicted molar refractivity (Wildman–Crippen MR) is 77.8 cm³/mol. The number of fused-ring (bicyclic) bond motifs is 1. The lowest BCUT2D eigenvalue weighted by atomic mass is 10.1. The molecule has 0 radical (unpaired) electrons. The average molecular weight is 320 g/mol. The van der Waals surface area contributed by atoms with Crippen LogP contribution in [0, 0.1) is 0 Å². The first-order valence-electron chi connectivity index (χ1n) is 5.51. The fraction of sp³-hybridized carbons (Fsp3) is 0.0714. The second kappa shape index (κ2) is 4.80. The molecule has 0 aliphatic heterocycles. The van der Waals surface area contributed by atoms with Crippen LogP contribution in [0.25, 0.3) is 10.9 Å². The molecule has 1 N–H and O–H groups in total. The molecule has 0 bridgehead atoms. The van der Waals surface area contributed by atoms with Gasteiger partial charge < -0.3 is 5.11 Å². The molecule has 2 nitrogen and oxygen atoms in total. The van der Waals surface area contributed by atoms with E-state index in [9.17, 15) is 5.11 Å². The Hall–Kier alpha value is -1.23. The van der Waals surface area contributed by atoms with E-state index >= 15 is 0 Å². The van der Waals surface area contributed by atoms with Gasteiger partial charge in [-0.2, -0.15) is 0 Å². The molecule has 0 saturated carbocycles. The monoisotopic (exact) mass is 319 g/mol. The summed E-state index contributed by atoms with van der Waals surface area (Å²) in [6.45, 7) is 0. The number of nitrogens with zero attached hydrogens (tertiary/aromatic N) is 1. The standard InChI is InChI=1S/C14H10BrNOS/c15-11-5-7-18-14(11)13(17)10-3-4-12-9(8-10)2-1-6-16-12/h1-8,13,17H. The number of pyridine rings is 1. The maximum atomic E-state index is 10.4. The quantitative estimate of drug-likeness (QED) is 0.770. The molecule has 3 aromatic rings. The minimum atomic E-state index is -0.594. The molecule has 0 amide bonds. The molecule has 0 saturated heterocycles. The second-order valence-corrected chi connectivity index (χ2v) is 5.79. The predicted octanol–water partition coefficient (Wildman–Crippen LogP) is 4.14. The van der Waals surface area contributed by atoms with Crippen molar-refractivity contribution in [2.75, 3.05) is 0 Å². The third-order valence-electron chi connectivity index (χ3n) is 2.84. The Bertz CT molecular complexity index is 695. The van der Waals surface area contributed by atoms with E-state index in [0.29, 0.717) is 0 Å². The number of hydrogen-bond donors (Lipinski definition) is 1. The summed E-state index contributed by atoms with van der Waals surface area (Å²) in [7, 11) is 0. The highest BCUT2D eigenvalue weighted by molar-refractivity contribution is 9.10. The number of hydrogen-bond acceptors (Lipinski definition) is 3. The molecule has 0 spiro atoms. The van der Waals surface area contributed by atoms with Crippen molar-refractivity contribution in [3.8, 4) is 0 Å². The lowest BCUT2D eigenvalue weighted by molar-refractivity contribution is 0.223. The summed E-state index contributed by atoms with van der Waals surface area (Å²) in [6.07, 6.45) is 1.18. The summed E-state index contributed by atoms with van der Waals surface area (Å²) < 4.78 is 0.950. The van der Waals surface area contributed by atoms with Crippen LogP contribution in [0.15, 0.2) is 52.4 Å². The summed E-state index contributed by atoms with van der Waals surface area (Å²) in [5.74, 6) is 0. The number of halogens is 1. The molecule has 2 heterocycles. The largest absolute Gasteiger partial charge is 0.383 e. The zero-order chi connectivity index (χ0) is 12.5. The van der Waals surface area contributed by atoms with Crippen molar-refractivity contribution >= 4 is 38.2 Å². The van der Waals surface area contributed by atoms with Gasteiger partial charge >= 0.3 is 0 Å². The smallest absolute Gasteiger partial charge is 0.114 e. The van der Waals surface area contributed by atoms with Crippen molar-refractivity contribution in [1.82, 2.24) is 4.98 Å². The Morgan fingerprint density at radius 1 is 1.22 bits per heavy atom. The zero-order valence-electron chi connectivity index (χ0n) is 9.38. The molecule has 0 fully saturated rings. The van der Waals surface area contributed by atoms with E-state index in [1.54, 1.807) is 17.5 Å². The van der Waals surface area contributed by atoms with Gasteiger partial charge in [-0.25, -0.2) is 0 Å². The van der Waals surface area contributed by atoms with Crippen molar-refractivity contribution < 1.29 is 5.11 Å². The lowest BCUT2D eigenvalue weighted by Gasteiger charge is -2.10. The normalized spacial score (nSPS) is 12.8. The maximum Gasteiger partial charge on any atom is 0.114 e. The van der Waals surface area contributed by atoms with Crippen molar-refractivity contribution in [3.63, 3.8) is 0 Å². The molecule has 1 unspecified atom stereocenters. The van der Waals surface area contributed by atoms with Gasteiger partial charge in [0.2, 0.25) is 0 Å². The number of thiophene rings is 1. The molecule has 18 heavy (non-hydrogen) atoms. The number of rotatable bonds is 2. The Kier molecular flexibility index (Phi) is 3.16. The van der Waals surface area contributed by atoms with Gasteiger partial charge in [0.25, 0.3) is 0 Å². The van der Waals surface area contributed by atoms with Gasteiger partial charge in [-0.3, -0.25) is 4.98 Å². The van der Waals surface area contributed by atoms with Gasteiger partial charge in [0.1, 0.15) is 6.10 Å². The first-order chi connectivity index (χ1) is 8.75. The molecule has 1 aromatic carbocycles. The van der Waals surface area contributed by atoms with Crippen molar-refractivity contribution in [3.05, 3.63) is 62.9 Å². The Labute approximate surface area is 117 Å². The molecule has 0 aliphatic carbocycles. The van der Waals surface area contributed by atoms with Gasteiger partial charge in [0.05, 0.1) is 10.4 Å². The van der Waals surface area contributed by atoms with E-state index in [1.165, 1.54) is 0 Å². The molecule has 4 heteroatoms. The molecule has 90 valence electrons. The van der Waals surface area contributed by atoms with Crippen LogP contribution < -0.4 is 0 Å². The third-order valence-corrected chi connectivity index (χ3v) is 4.76. The highest BCUT2D eigenvalue weighted by Gasteiger charge is 2.15. The van der Waals surface area contributed by atoms with E-state index in [1.807, 2.05) is 41.8 Å². The first-order valence-corrected chi connectivity index (χ1v) is 7.18. The number of aliphatic hydroxyl groups is 1. The van der Waals surface area contributed by atoms with Crippen LogP contribution in [0.1, 0.15) is 16.5 Å². The van der Waals surface area contributed by atoms with Gasteiger partial charge in [-0.1, -0.05) is 12.1 Å². The van der Waals surface area contributed by atoms with E-state index in [2.05, 4.69) is 20.9 Å². The SMILES string of the molecule is OC(c1ccc2ncccc2c1)c1sccc1Br. The van der Waals surface area contributed by atoms with Gasteiger partial charge in [0.15, 0.2) is 0 Å². The second-order valence-electron chi connectivity index (χ2n) is 3.99. The minimum Gasteiger partial charge on any atom is -0.383 e. The third kappa shape index (κ3) is 2.07. The van der Waals surface area contributed by atoms with E-state index < -0.39 is 6.10 Å². The maximum absolute atomic E-state index is 10.4. The highest BCUT2D eigenvalue weighted by atomic mass is 79.9. The van der Waals surface area contributed by atoms with E-state index in [4.69, 9.17) is 0 Å². The Morgan fingerprint density at radius 3 is 2.89 bits per heavy atom. The van der Waals surface area contributed by atoms with Crippen molar-refractivity contribution in [2.45, 2.75) is 6.10 Å². The zero-order valence-corrected chi connectivity index (χ0v) is 11.8. The van der Waals surface area contributed by atoms with Crippen LogP contribution in [0.3, 0.4) is 0 Å². The Morgan fingerprint density at radius 2 is 2.11 bits per heavy atom. The first kappa shape index (κ1) is 11.8. The van der Waals surface area contributed by atoms with E-state index in [-0.39, 0.29) is 0 Å². The molecule has 0 aliphatic rings. The van der Waals surface area contributed by atoms with Crippen LogP contribution in [0.4, 0.5) is 0 Å². The van der Waals surface area contributed by atoms with Crippen LogP contribution in [-0.4, -0.2) is 10.1 Å². The van der Waals surface area contributed by atoms with Gasteiger partial charge in [0, 0.05) is 16.1 Å². The summed E-state index contributed by atoms with van der Waals surface area (Å²) in [5.41, 5.74) is 1.83. The summed E-state index contributed by atoms with van der Waals surface area (Å²) >= 11 is 5.00. The highest BCUT2D eigenvalue weighted by Crippen LogP contribution is 2.33. The summed E-state index contributed by atoms with van der Waals surface area (Å²) in [6, 6.07) is 11.7. The van der Waals surface area contributed by atoms with Crippen LogP contribution >= 0.6 is 27.3 Å². The minimum absolute atomic E-state index is 0.594. The summed E-state index contributed by atoms with van der Waals surface area (Å²) in [5, 5.41) is 13.4. The fourth-order valence-corrected chi connectivity index (χ4v) is 3.52. The lowest BCUT2D eigenvalue weighted by Crippen LogP contribution is -1.97. The van der Waals surface area contributed by atoms with Crippen LogP contribution in [0.5, 0.6) is 0 Å². The van der Waals surface area contributed by atoms with Crippen molar-refractivity contribution in [1.29, 1.82) is 0 Å². The van der Waals surface area contributed by atoms with Gasteiger partial charge in [-0.15, -0.1) is 11.3 Å². The number of benzene rings is 1. The number of aliphatic hydroxyl groups excluding tert-OH is 1. The van der Waals surface area contributed by atoms with Crippen LogP contribution in [0.2, 0.25) is 0 Å². The average Bonchev–Trinajstić information content (AvgIpc) is 2.83. The van der Waals surface area contributed by atoms with E-state index in [0.717, 1.165) is 25.8 Å². The molecule has 2 aromatic heterocycles. The van der Waals surface area contributed by atoms with Crippen molar-refractivity contribution in [2.24, 2.45) is 0 Å². The molecule has 1 atom stereocenters. The Balaban J connectivity index is 2.07. The molecule has 3 rings (SSSR count). The summed E-state index contributed by atoms with van der Waals surface area (Å²) in [4.78, 5) is 5.20. The topological polar surface area (TPSA) is 33.1 Å². The molecular weight excluding hydrogens is 310 g/mol. The van der Waals surface area contributed by atoms with Crippen LogP contribution in [-0.2, 0) is 0 Å². The fourth-order valence-electron chi connectivity index (χ4n) is 1.92. The van der Waals surface area contributed by atoms with Gasteiger partial charge in [-0.05, 0) is 51.1 Å².